The molecule has 164 valence electrons. The second kappa shape index (κ2) is 23.2. The summed E-state index contributed by atoms with van der Waals surface area (Å²) < 4.78 is 0. The molecule has 0 spiro atoms. The predicted octanol–water partition coefficient (Wildman–Crippen LogP) is 9.91. The SMILES string of the molecule is C1=CCCCCCCCCCCCCCC\C=C/C=C\C=C/C=C\C=C/C=C\C=C/1. The molecule has 0 aromatic carbocycles. The molecule has 0 atom stereocenters. The first-order chi connectivity index (χ1) is 15.0. The highest BCUT2D eigenvalue weighted by Gasteiger charge is 1.93. The summed E-state index contributed by atoms with van der Waals surface area (Å²) >= 11 is 0. The van der Waals surface area contributed by atoms with Crippen LogP contribution in [0.25, 0.3) is 0 Å². The van der Waals surface area contributed by atoms with Crippen molar-refractivity contribution in [3.8, 4) is 0 Å². The van der Waals surface area contributed by atoms with Crippen molar-refractivity contribution in [3.05, 3.63) is 97.2 Å². The zero-order chi connectivity index (χ0) is 21.2. The number of allylic oxidation sites excluding steroid dienone is 16. The Morgan fingerprint density at radius 3 is 0.667 bits per heavy atom. The van der Waals surface area contributed by atoms with Crippen molar-refractivity contribution >= 4 is 0 Å². The maximum atomic E-state index is 2.29. The molecule has 0 aromatic rings. The van der Waals surface area contributed by atoms with E-state index in [9.17, 15) is 0 Å². The van der Waals surface area contributed by atoms with Crippen LogP contribution in [-0.4, -0.2) is 0 Å². The van der Waals surface area contributed by atoms with Gasteiger partial charge in [-0.3, -0.25) is 0 Å². The third-order valence-electron chi connectivity index (χ3n) is 5.21. The molecule has 0 heterocycles. The first-order valence-corrected chi connectivity index (χ1v) is 12.3. The van der Waals surface area contributed by atoms with Gasteiger partial charge in [-0.1, -0.05) is 161 Å². The largest absolute Gasteiger partial charge is 0.0845 e. The van der Waals surface area contributed by atoms with Crippen molar-refractivity contribution in [2.24, 2.45) is 0 Å². The maximum absolute atomic E-state index is 2.29. The van der Waals surface area contributed by atoms with E-state index < -0.39 is 0 Å². The van der Waals surface area contributed by atoms with E-state index in [1.165, 1.54) is 89.9 Å². The van der Waals surface area contributed by atoms with Crippen molar-refractivity contribution in [3.63, 3.8) is 0 Å². The van der Waals surface area contributed by atoms with E-state index in [-0.39, 0.29) is 0 Å². The van der Waals surface area contributed by atoms with Crippen LogP contribution >= 0.6 is 0 Å². The van der Waals surface area contributed by atoms with Crippen molar-refractivity contribution in [1.29, 1.82) is 0 Å². The Hall–Kier alpha value is -2.08. The molecule has 0 radical (unpaired) electrons. The molecule has 1 aliphatic carbocycles. The summed E-state index contributed by atoms with van der Waals surface area (Å²) in [6.07, 6.45) is 53.0. The number of hydrogen-bond donors (Lipinski definition) is 0. The first kappa shape index (κ1) is 26.0. The van der Waals surface area contributed by atoms with Crippen molar-refractivity contribution in [2.45, 2.75) is 89.9 Å². The minimum atomic E-state index is 1.21. The molecule has 1 aliphatic rings. The Balaban J connectivity index is 2.33. The predicted molar refractivity (Wildman–Crippen MR) is 138 cm³/mol. The van der Waals surface area contributed by atoms with E-state index >= 15 is 0 Å². The van der Waals surface area contributed by atoms with Gasteiger partial charge in [0.2, 0.25) is 0 Å². The van der Waals surface area contributed by atoms with Crippen molar-refractivity contribution < 1.29 is 0 Å². The van der Waals surface area contributed by atoms with E-state index in [4.69, 9.17) is 0 Å². The highest BCUT2D eigenvalue weighted by Crippen LogP contribution is 2.13. The first-order valence-electron chi connectivity index (χ1n) is 12.3. The Bertz CT molecular complexity index is 536. The zero-order valence-corrected chi connectivity index (χ0v) is 19.1. The van der Waals surface area contributed by atoms with E-state index in [1.54, 1.807) is 0 Å². The fourth-order valence-electron chi connectivity index (χ4n) is 3.41. The van der Waals surface area contributed by atoms with Crippen LogP contribution in [0.1, 0.15) is 89.9 Å². The van der Waals surface area contributed by atoms with Crippen LogP contribution in [-0.2, 0) is 0 Å². The van der Waals surface area contributed by atoms with Crippen LogP contribution in [0.3, 0.4) is 0 Å². The lowest BCUT2D eigenvalue weighted by molar-refractivity contribution is 0.542. The average Bonchev–Trinajstić information content (AvgIpc) is 2.76. The Morgan fingerprint density at radius 1 is 0.200 bits per heavy atom. The Kier molecular flexibility index (Phi) is 20.1. The van der Waals surface area contributed by atoms with Crippen LogP contribution in [0.15, 0.2) is 97.2 Å². The molecule has 30 heavy (non-hydrogen) atoms. The fraction of sp³-hybridized carbons (Fsp3) is 0.467. The summed E-state index contributed by atoms with van der Waals surface area (Å²) in [4.78, 5) is 0. The monoisotopic (exact) mass is 404 g/mol. The molecule has 0 N–H and O–H groups in total. The fourth-order valence-corrected chi connectivity index (χ4v) is 3.41. The van der Waals surface area contributed by atoms with Crippen LogP contribution in [0.2, 0.25) is 0 Å². The molecule has 1 rings (SSSR count). The van der Waals surface area contributed by atoms with Gasteiger partial charge in [-0.15, -0.1) is 0 Å². The molecule has 0 fully saturated rings. The van der Waals surface area contributed by atoms with Gasteiger partial charge in [0.15, 0.2) is 0 Å². The lowest BCUT2D eigenvalue weighted by Gasteiger charge is -2.02. The molecule has 0 saturated heterocycles. The smallest absolute Gasteiger partial charge is 0.0348 e. The zero-order valence-electron chi connectivity index (χ0n) is 19.1. The van der Waals surface area contributed by atoms with E-state index in [1.807, 2.05) is 12.2 Å². The van der Waals surface area contributed by atoms with Gasteiger partial charge in [-0.2, -0.15) is 0 Å². The van der Waals surface area contributed by atoms with E-state index in [0.29, 0.717) is 0 Å². The van der Waals surface area contributed by atoms with E-state index in [2.05, 4.69) is 85.1 Å². The van der Waals surface area contributed by atoms with Crippen LogP contribution in [0.5, 0.6) is 0 Å². The molecule has 0 unspecified atom stereocenters. The summed E-state index contributed by atoms with van der Waals surface area (Å²) in [6, 6.07) is 0. The molecular weight excluding hydrogens is 360 g/mol. The lowest BCUT2D eigenvalue weighted by Crippen LogP contribution is -1.82. The van der Waals surface area contributed by atoms with Gasteiger partial charge in [0.1, 0.15) is 0 Å². The summed E-state index contributed by atoms with van der Waals surface area (Å²) in [5.41, 5.74) is 0. The Morgan fingerprint density at radius 2 is 0.400 bits per heavy atom. The average molecular weight is 405 g/mol. The van der Waals surface area contributed by atoms with Gasteiger partial charge in [-0.05, 0) is 25.7 Å². The Labute approximate surface area is 187 Å². The molecule has 0 aromatic heterocycles. The van der Waals surface area contributed by atoms with Gasteiger partial charge < -0.3 is 0 Å². The standard InChI is InChI=1S/C30H44/c1-2-4-6-8-10-12-14-16-18-20-22-24-26-28-30-29-27-25-23-21-19-17-15-13-11-9-7-5-3-1/h1-16H,17-30H2/b3-1-,4-2-,7-5-,8-6-,11-9-,12-10-,15-13-,16-14?. The van der Waals surface area contributed by atoms with Crippen molar-refractivity contribution in [1.82, 2.24) is 0 Å². The maximum Gasteiger partial charge on any atom is -0.0348 e. The summed E-state index contributed by atoms with van der Waals surface area (Å²) in [5, 5.41) is 0. The summed E-state index contributed by atoms with van der Waals surface area (Å²) in [6.45, 7) is 0. The molecule has 0 saturated carbocycles. The van der Waals surface area contributed by atoms with Crippen molar-refractivity contribution in [2.75, 3.05) is 0 Å². The molecule has 0 heteroatoms. The third kappa shape index (κ3) is 20.6. The van der Waals surface area contributed by atoms with Gasteiger partial charge in [0, 0.05) is 0 Å². The van der Waals surface area contributed by atoms with Crippen LogP contribution in [0, 0.1) is 0 Å². The second-order valence-electron chi connectivity index (χ2n) is 7.99. The molecular formula is C30H44. The van der Waals surface area contributed by atoms with E-state index in [0.717, 1.165) is 0 Å². The molecule has 0 nitrogen and oxygen atoms in total. The number of hydrogen-bond acceptors (Lipinski definition) is 0. The third-order valence-corrected chi connectivity index (χ3v) is 5.21. The summed E-state index contributed by atoms with van der Waals surface area (Å²) in [7, 11) is 0. The van der Waals surface area contributed by atoms with Gasteiger partial charge in [-0.25, -0.2) is 0 Å². The van der Waals surface area contributed by atoms with Gasteiger partial charge in [0.05, 0.1) is 0 Å². The molecule has 0 aliphatic heterocycles. The normalized spacial score (nSPS) is 27.2. The second-order valence-corrected chi connectivity index (χ2v) is 7.99. The molecule has 0 amide bonds. The minimum absolute atomic E-state index is 1.21. The summed E-state index contributed by atoms with van der Waals surface area (Å²) in [5.74, 6) is 0. The van der Waals surface area contributed by atoms with Gasteiger partial charge in [0.25, 0.3) is 0 Å². The lowest BCUT2D eigenvalue weighted by atomic mass is 10.0. The van der Waals surface area contributed by atoms with Crippen LogP contribution < -0.4 is 0 Å². The highest BCUT2D eigenvalue weighted by atomic mass is 14.0. The topological polar surface area (TPSA) is 0 Å². The van der Waals surface area contributed by atoms with Gasteiger partial charge >= 0.3 is 0 Å². The van der Waals surface area contributed by atoms with Crippen LogP contribution in [0.4, 0.5) is 0 Å². The quantitative estimate of drug-likeness (QED) is 0.377. The highest BCUT2D eigenvalue weighted by molar-refractivity contribution is 5.21. The molecule has 0 bridgehead atoms. The minimum Gasteiger partial charge on any atom is -0.0845 e. The number of rotatable bonds is 0.